The molecule has 1 rings (SSSR count). The zero-order valence-corrected chi connectivity index (χ0v) is 10.6. The van der Waals surface area contributed by atoms with Crippen LogP contribution in [-0.2, 0) is 4.74 Å². The lowest BCUT2D eigenvalue weighted by atomic mass is 9.99. The second-order valence-electron chi connectivity index (χ2n) is 5.78. The van der Waals surface area contributed by atoms with Gasteiger partial charge in [0, 0.05) is 0 Å². The number of hydrogen-bond donors (Lipinski definition) is 1. The van der Waals surface area contributed by atoms with Gasteiger partial charge in [-0.05, 0) is 51.9 Å². The average Bonchev–Trinajstić information content (AvgIpc) is 2.45. The molecule has 1 N–H and O–H groups in total. The molecular weight excluding hydrogens is 188 g/mol. The molecule has 0 amide bonds. The lowest BCUT2D eigenvalue weighted by Crippen LogP contribution is -2.20. The second-order valence-corrected chi connectivity index (χ2v) is 5.78. The van der Waals surface area contributed by atoms with Crippen molar-refractivity contribution in [1.29, 1.82) is 0 Å². The summed E-state index contributed by atoms with van der Waals surface area (Å²) < 4.78 is 5.91. The Labute approximate surface area is 94.0 Å². The lowest BCUT2D eigenvalue weighted by molar-refractivity contribution is -0.0206. The normalized spacial score (nSPS) is 27.2. The quantitative estimate of drug-likeness (QED) is 0.762. The molecule has 1 aliphatic heterocycles. The summed E-state index contributed by atoms with van der Waals surface area (Å²) in [5.74, 6) is 0.380. The van der Waals surface area contributed by atoms with Crippen molar-refractivity contribution in [1.82, 2.24) is 0 Å². The Balaban J connectivity index is 2.11. The molecule has 0 bridgehead atoms. The second kappa shape index (κ2) is 5.31. The van der Waals surface area contributed by atoms with Gasteiger partial charge in [0.15, 0.2) is 0 Å². The summed E-state index contributed by atoms with van der Waals surface area (Å²) in [6, 6.07) is 0. The minimum atomic E-state index is -0.139. The van der Waals surface area contributed by atoms with E-state index in [-0.39, 0.29) is 11.7 Å². The van der Waals surface area contributed by atoms with E-state index in [4.69, 9.17) is 4.74 Å². The van der Waals surface area contributed by atoms with Crippen LogP contribution in [0.15, 0.2) is 0 Å². The van der Waals surface area contributed by atoms with Gasteiger partial charge in [0.05, 0.1) is 17.8 Å². The van der Waals surface area contributed by atoms with E-state index in [2.05, 4.69) is 27.7 Å². The molecule has 2 unspecified atom stereocenters. The Morgan fingerprint density at radius 3 is 2.53 bits per heavy atom. The van der Waals surface area contributed by atoms with Crippen molar-refractivity contribution < 1.29 is 9.84 Å². The van der Waals surface area contributed by atoms with Crippen LogP contribution in [0, 0.1) is 5.92 Å². The highest BCUT2D eigenvalue weighted by atomic mass is 16.5. The fourth-order valence-corrected chi connectivity index (χ4v) is 2.17. The van der Waals surface area contributed by atoms with E-state index in [9.17, 15) is 5.11 Å². The van der Waals surface area contributed by atoms with Crippen molar-refractivity contribution in [3.63, 3.8) is 0 Å². The monoisotopic (exact) mass is 214 g/mol. The van der Waals surface area contributed by atoms with Gasteiger partial charge < -0.3 is 9.84 Å². The highest BCUT2D eigenvalue weighted by Gasteiger charge is 2.31. The van der Waals surface area contributed by atoms with Crippen LogP contribution >= 0.6 is 0 Å². The van der Waals surface area contributed by atoms with Crippen molar-refractivity contribution in [2.45, 2.75) is 77.6 Å². The van der Waals surface area contributed by atoms with Gasteiger partial charge in [-0.25, -0.2) is 0 Å². The summed E-state index contributed by atoms with van der Waals surface area (Å²) in [4.78, 5) is 0. The summed E-state index contributed by atoms with van der Waals surface area (Å²) in [6.07, 6.45) is 5.75. The van der Waals surface area contributed by atoms with Gasteiger partial charge in [0.25, 0.3) is 0 Å². The molecule has 2 heteroatoms. The summed E-state index contributed by atoms with van der Waals surface area (Å²) in [5, 5.41) is 9.66. The van der Waals surface area contributed by atoms with E-state index in [1.807, 2.05) is 0 Å². The number of ether oxygens (including phenoxy) is 1. The molecular formula is C13H26O2. The Morgan fingerprint density at radius 2 is 2.07 bits per heavy atom. The molecule has 2 nitrogen and oxygen atoms in total. The molecule has 0 spiro atoms. The van der Waals surface area contributed by atoms with E-state index in [0.29, 0.717) is 12.0 Å². The van der Waals surface area contributed by atoms with E-state index >= 15 is 0 Å². The first kappa shape index (κ1) is 13.0. The molecule has 1 fully saturated rings. The highest BCUT2D eigenvalue weighted by Crippen LogP contribution is 2.31. The van der Waals surface area contributed by atoms with Crippen LogP contribution in [0.3, 0.4) is 0 Å². The molecule has 15 heavy (non-hydrogen) atoms. The Bertz CT molecular complexity index is 187. The van der Waals surface area contributed by atoms with Gasteiger partial charge in [-0.2, -0.15) is 0 Å². The topological polar surface area (TPSA) is 29.5 Å². The molecule has 0 aliphatic carbocycles. The molecule has 0 aromatic heterocycles. The van der Waals surface area contributed by atoms with Crippen LogP contribution in [0.25, 0.3) is 0 Å². The molecule has 90 valence electrons. The van der Waals surface area contributed by atoms with E-state index in [1.54, 1.807) is 0 Å². The van der Waals surface area contributed by atoms with Gasteiger partial charge in [-0.15, -0.1) is 0 Å². The van der Waals surface area contributed by atoms with Crippen molar-refractivity contribution in [3.8, 4) is 0 Å². The maximum atomic E-state index is 9.66. The van der Waals surface area contributed by atoms with Crippen LogP contribution < -0.4 is 0 Å². The average molecular weight is 214 g/mol. The van der Waals surface area contributed by atoms with Crippen LogP contribution in [-0.4, -0.2) is 22.9 Å². The maximum absolute atomic E-state index is 9.66. The first-order chi connectivity index (χ1) is 6.91. The van der Waals surface area contributed by atoms with E-state index < -0.39 is 0 Å². The van der Waals surface area contributed by atoms with Gasteiger partial charge in [0.2, 0.25) is 0 Å². The Morgan fingerprint density at radius 1 is 1.40 bits per heavy atom. The smallest absolute Gasteiger partial charge is 0.0631 e. The van der Waals surface area contributed by atoms with Crippen LogP contribution in [0.4, 0.5) is 0 Å². The molecule has 0 aromatic rings. The fraction of sp³-hybridized carbons (Fsp3) is 1.00. The van der Waals surface area contributed by atoms with Crippen LogP contribution in [0.5, 0.6) is 0 Å². The molecule has 0 radical (unpaired) electrons. The summed E-state index contributed by atoms with van der Waals surface area (Å²) in [6.45, 7) is 8.46. The van der Waals surface area contributed by atoms with Gasteiger partial charge in [-0.1, -0.05) is 13.8 Å². The molecule has 0 aromatic carbocycles. The van der Waals surface area contributed by atoms with Crippen molar-refractivity contribution in [3.05, 3.63) is 0 Å². The number of hydrogen-bond acceptors (Lipinski definition) is 2. The van der Waals surface area contributed by atoms with Crippen molar-refractivity contribution in [2.75, 3.05) is 0 Å². The highest BCUT2D eigenvalue weighted by molar-refractivity contribution is 4.80. The van der Waals surface area contributed by atoms with E-state index in [0.717, 1.165) is 19.3 Å². The first-order valence-electron chi connectivity index (χ1n) is 6.26. The number of aliphatic hydroxyl groups is 1. The molecule has 1 saturated heterocycles. The van der Waals surface area contributed by atoms with Crippen LogP contribution in [0.2, 0.25) is 0 Å². The number of aliphatic hydroxyl groups excluding tert-OH is 1. The standard InChI is InChI=1S/C13H26O2/c1-10(2)12(14)7-5-6-11-8-9-13(3,4)15-11/h10-12,14H,5-9H2,1-4H3. The molecule has 1 aliphatic rings. The Hall–Kier alpha value is -0.0800. The van der Waals surface area contributed by atoms with Gasteiger partial charge in [-0.3, -0.25) is 0 Å². The summed E-state index contributed by atoms with van der Waals surface area (Å²) in [5.41, 5.74) is 0.0847. The zero-order valence-electron chi connectivity index (χ0n) is 10.6. The summed E-state index contributed by atoms with van der Waals surface area (Å²) in [7, 11) is 0. The predicted molar refractivity (Wildman–Crippen MR) is 62.9 cm³/mol. The molecule has 1 heterocycles. The van der Waals surface area contributed by atoms with Crippen molar-refractivity contribution in [2.24, 2.45) is 5.92 Å². The first-order valence-corrected chi connectivity index (χ1v) is 6.26. The number of rotatable bonds is 5. The van der Waals surface area contributed by atoms with Gasteiger partial charge in [0.1, 0.15) is 0 Å². The third kappa shape index (κ3) is 4.52. The van der Waals surface area contributed by atoms with Gasteiger partial charge >= 0.3 is 0 Å². The SMILES string of the molecule is CC(C)C(O)CCCC1CCC(C)(C)O1. The predicted octanol–water partition coefficient (Wildman–Crippen LogP) is 3.13. The molecule has 0 saturated carbocycles. The minimum Gasteiger partial charge on any atom is -0.393 e. The largest absolute Gasteiger partial charge is 0.393 e. The Kier molecular flexibility index (Phi) is 4.60. The van der Waals surface area contributed by atoms with E-state index in [1.165, 1.54) is 12.8 Å². The summed E-state index contributed by atoms with van der Waals surface area (Å²) >= 11 is 0. The zero-order chi connectivity index (χ0) is 11.5. The maximum Gasteiger partial charge on any atom is 0.0631 e. The third-order valence-corrected chi connectivity index (χ3v) is 3.35. The lowest BCUT2D eigenvalue weighted by Gasteiger charge is -2.20. The molecule has 2 atom stereocenters. The third-order valence-electron chi connectivity index (χ3n) is 3.35. The van der Waals surface area contributed by atoms with Crippen molar-refractivity contribution >= 4 is 0 Å². The fourth-order valence-electron chi connectivity index (χ4n) is 2.17. The minimum absolute atomic E-state index is 0.0847. The van der Waals surface area contributed by atoms with Crippen LogP contribution in [0.1, 0.15) is 59.8 Å².